The zero-order chi connectivity index (χ0) is 19.4. The predicted molar refractivity (Wildman–Crippen MR) is 111 cm³/mol. The second-order valence-corrected chi connectivity index (χ2v) is 8.09. The highest BCUT2D eigenvalue weighted by Crippen LogP contribution is 2.20. The first-order chi connectivity index (χ1) is 12.9. The van der Waals surface area contributed by atoms with Gasteiger partial charge in [-0.1, -0.05) is 0 Å². The number of nitrogens with zero attached hydrogens (tertiary/aromatic N) is 1. The molecule has 28 heavy (non-hydrogen) atoms. The summed E-state index contributed by atoms with van der Waals surface area (Å²) in [6.45, 7) is 4.14. The average Bonchev–Trinajstić information content (AvgIpc) is 2.68. The molecule has 3 rings (SSSR count). The summed E-state index contributed by atoms with van der Waals surface area (Å²) in [5, 5.41) is 3.24. The van der Waals surface area contributed by atoms with Crippen LogP contribution in [0.4, 0.5) is 5.69 Å². The Morgan fingerprint density at radius 2 is 1.79 bits per heavy atom. The monoisotopic (exact) mass is 425 g/mol. The Morgan fingerprint density at radius 1 is 1.14 bits per heavy atom. The van der Waals surface area contributed by atoms with Crippen molar-refractivity contribution in [1.82, 2.24) is 10.2 Å². The van der Waals surface area contributed by atoms with E-state index in [4.69, 9.17) is 4.74 Å². The van der Waals surface area contributed by atoms with E-state index < -0.39 is 10.0 Å². The molecule has 2 N–H and O–H groups in total. The summed E-state index contributed by atoms with van der Waals surface area (Å²) in [4.78, 5) is 14.5. The van der Waals surface area contributed by atoms with E-state index in [0.29, 0.717) is 23.5 Å². The fourth-order valence-electron chi connectivity index (χ4n) is 2.96. The van der Waals surface area contributed by atoms with Crippen molar-refractivity contribution >= 4 is 34.0 Å². The third kappa shape index (κ3) is 4.95. The Balaban J connectivity index is 0.00000280. The minimum atomic E-state index is -3.74. The van der Waals surface area contributed by atoms with Gasteiger partial charge in [0.25, 0.3) is 15.9 Å². The van der Waals surface area contributed by atoms with Crippen molar-refractivity contribution in [3.63, 3.8) is 0 Å². The Kier molecular flexibility index (Phi) is 7.29. The number of anilines is 1. The van der Waals surface area contributed by atoms with Gasteiger partial charge >= 0.3 is 0 Å². The largest absolute Gasteiger partial charge is 0.497 e. The number of amides is 1. The van der Waals surface area contributed by atoms with Gasteiger partial charge in [0.2, 0.25) is 0 Å². The Morgan fingerprint density at radius 3 is 2.36 bits per heavy atom. The molecule has 0 spiro atoms. The maximum Gasteiger partial charge on any atom is 0.261 e. The van der Waals surface area contributed by atoms with Crippen LogP contribution in [0.5, 0.6) is 5.75 Å². The van der Waals surface area contributed by atoms with Gasteiger partial charge in [-0.2, -0.15) is 0 Å². The van der Waals surface area contributed by atoms with Crippen LogP contribution in [0.15, 0.2) is 53.4 Å². The van der Waals surface area contributed by atoms with E-state index in [-0.39, 0.29) is 29.3 Å². The third-order valence-electron chi connectivity index (χ3n) is 4.52. The zero-order valence-electron chi connectivity index (χ0n) is 15.7. The summed E-state index contributed by atoms with van der Waals surface area (Å²) in [5.41, 5.74) is 0.915. The predicted octanol–water partition coefficient (Wildman–Crippen LogP) is 2.35. The van der Waals surface area contributed by atoms with Gasteiger partial charge in [-0.15, -0.1) is 12.4 Å². The molecule has 1 heterocycles. The molecule has 1 atom stereocenters. The maximum absolute atomic E-state index is 12.6. The highest BCUT2D eigenvalue weighted by molar-refractivity contribution is 7.92. The molecule has 0 aliphatic carbocycles. The zero-order valence-corrected chi connectivity index (χ0v) is 17.3. The van der Waals surface area contributed by atoms with E-state index in [9.17, 15) is 13.2 Å². The van der Waals surface area contributed by atoms with Gasteiger partial charge in [0.15, 0.2) is 0 Å². The van der Waals surface area contributed by atoms with Gasteiger partial charge < -0.3 is 15.0 Å². The first-order valence-corrected chi connectivity index (χ1v) is 10.2. The number of hydrogen-bond acceptors (Lipinski definition) is 5. The van der Waals surface area contributed by atoms with Gasteiger partial charge in [-0.3, -0.25) is 9.52 Å². The van der Waals surface area contributed by atoms with Crippen LogP contribution in [0, 0.1) is 0 Å². The van der Waals surface area contributed by atoms with E-state index in [0.717, 1.165) is 13.1 Å². The lowest BCUT2D eigenvalue weighted by Crippen LogP contribution is -2.52. The molecule has 0 saturated carbocycles. The summed E-state index contributed by atoms with van der Waals surface area (Å²) in [6.07, 6.45) is 0. The molecule has 1 unspecified atom stereocenters. The molecule has 1 amide bonds. The Labute approximate surface area is 171 Å². The molecule has 2 aromatic carbocycles. The van der Waals surface area contributed by atoms with E-state index in [2.05, 4.69) is 10.0 Å². The van der Waals surface area contributed by atoms with E-state index in [1.807, 2.05) is 6.92 Å². The molecule has 9 heteroatoms. The van der Waals surface area contributed by atoms with Crippen molar-refractivity contribution in [2.45, 2.75) is 17.9 Å². The molecule has 152 valence electrons. The highest BCUT2D eigenvalue weighted by Gasteiger charge is 2.24. The summed E-state index contributed by atoms with van der Waals surface area (Å²) >= 11 is 0. The molecule has 1 aliphatic rings. The molecule has 1 saturated heterocycles. The average molecular weight is 426 g/mol. The van der Waals surface area contributed by atoms with E-state index >= 15 is 0 Å². The number of rotatable bonds is 5. The minimum absolute atomic E-state index is 0. The Bertz CT molecular complexity index is 902. The molecular weight excluding hydrogens is 402 g/mol. The molecule has 0 aromatic heterocycles. The van der Waals surface area contributed by atoms with Crippen molar-refractivity contribution in [2.24, 2.45) is 0 Å². The van der Waals surface area contributed by atoms with Crippen LogP contribution in [0.1, 0.15) is 17.3 Å². The quantitative estimate of drug-likeness (QED) is 0.767. The highest BCUT2D eigenvalue weighted by atomic mass is 35.5. The second kappa shape index (κ2) is 9.27. The molecule has 2 aromatic rings. The van der Waals surface area contributed by atoms with Gasteiger partial charge in [-0.25, -0.2) is 8.42 Å². The number of sulfonamides is 1. The number of carbonyl (C=O) groups is 1. The summed E-state index contributed by atoms with van der Waals surface area (Å²) in [6, 6.07) is 12.7. The number of methoxy groups -OCH3 is 1. The van der Waals surface area contributed by atoms with Gasteiger partial charge in [0.05, 0.1) is 12.0 Å². The number of hydrogen-bond donors (Lipinski definition) is 2. The first-order valence-electron chi connectivity index (χ1n) is 8.69. The van der Waals surface area contributed by atoms with Crippen LogP contribution < -0.4 is 14.8 Å². The Hall–Kier alpha value is -2.29. The van der Waals surface area contributed by atoms with Crippen molar-refractivity contribution in [1.29, 1.82) is 0 Å². The summed E-state index contributed by atoms with van der Waals surface area (Å²) in [7, 11) is -2.19. The van der Waals surface area contributed by atoms with Crippen molar-refractivity contribution in [3.05, 3.63) is 54.1 Å². The lowest BCUT2D eigenvalue weighted by atomic mass is 10.1. The van der Waals surface area contributed by atoms with Crippen LogP contribution >= 0.6 is 12.4 Å². The lowest BCUT2D eigenvalue weighted by Gasteiger charge is -2.34. The van der Waals surface area contributed by atoms with Crippen molar-refractivity contribution in [3.8, 4) is 5.75 Å². The van der Waals surface area contributed by atoms with Crippen LogP contribution in [0.25, 0.3) is 0 Å². The number of ether oxygens (including phenoxy) is 1. The molecule has 1 aliphatic heterocycles. The third-order valence-corrected chi connectivity index (χ3v) is 5.91. The number of nitrogens with one attached hydrogen (secondary N) is 2. The fraction of sp³-hybridized carbons (Fsp3) is 0.316. The van der Waals surface area contributed by atoms with Crippen LogP contribution in [0.3, 0.4) is 0 Å². The van der Waals surface area contributed by atoms with Gasteiger partial charge in [0.1, 0.15) is 5.75 Å². The maximum atomic E-state index is 12.6. The number of halogens is 1. The van der Waals surface area contributed by atoms with Gasteiger partial charge in [-0.05, 0) is 55.5 Å². The number of carbonyl (C=O) groups excluding carboxylic acids is 1. The minimum Gasteiger partial charge on any atom is -0.497 e. The fourth-order valence-corrected chi connectivity index (χ4v) is 4.02. The summed E-state index contributed by atoms with van der Waals surface area (Å²) < 4.78 is 32.7. The molecule has 0 radical (unpaired) electrons. The number of benzene rings is 2. The molecule has 7 nitrogen and oxygen atoms in total. The normalized spacial score (nSPS) is 16.8. The molecule has 0 bridgehead atoms. The van der Waals surface area contributed by atoms with Crippen molar-refractivity contribution in [2.75, 3.05) is 31.5 Å². The molecular formula is C19H24ClN3O4S. The topological polar surface area (TPSA) is 87.7 Å². The molecule has 1 fully saturated rings. The SMILES string of the molecule is COc1ccc(NS(=O)(=O)c2ccc(C(=O)N3CCNCC3C)cc2)cc1.Cl. The van der Waals surface area contributed by atoms with Crippen molar-refractivity contribution < 1.29 is 17.9 Å². The van der Waals surface area contributed by atoms with Crippen LogP contribution in [-0.2, 0) is 10.0 Å². The van der Waals surface area contributed by atoms with Crippen LogP contribution in [0.2, 0.25) is 0 Å². The second-order valence-electron chi connectivity index (χ2n) is 6.41. The smallest absolute Gasteiger partial charge is 0.261 e. The number of piperazine rings is 1. The standard InChI is InChI=1S/C19H23N3O4S.ClH/c1-14-13-20-11-12-22(14)19(23)15-3-9-18(10-4-15)27(24,25)21-16-5-7-17(26-2)8-6-16;/h3-10,14,20-21H,11-13H2,1-2H3;1H. The van der Waals surface area contributed by atoms with Crippen LogP contribution in [-0.4, -0.2) is 52.0 Å². The summed E-state index contributed by atoms with van der Waals surface area (Å²) in [5.74, 6) is 0.555. The lowest BCUT2D eigenvalue weighted by molar-refractivity contribution is 0.0655. The first kappa shape index (κ1) is 22.0. The van der Waals surface area contributed by atoms with Gasteiger partial charge in [0, 0.05) is 36.9 Å². The van der Waals surface area contributed by atoms with E-state index in [1.165, 1.54) is 12.1 Å². The van der Waals surface area contributed by atoms with E-state index in [1.54, 1.807) is 48.4 Å².